The fourth-order valence-electron chi connectivity index (χ4n) is 2.17. The molecule has 2 rings (SSSR count). The number of nitrogens with one attached hydrogen (secondary N) is 1. The minimum atomic E-state index is -0.356. The van der Waals surface area contributed by atoms with E-state index in [9.17, 15) is 4.79 Å². The van der Waals surface area contributed by atoms with Crippen molar-refractivity contribution in [1.82, 2.24) is 5.32 Å². The number of rotatable bonds is 5. The van der Waals surface area contributed by atoms with E-state index in [2.05, 4.69) is 15.0 Å². The average Bonchev–Trinajstić information content (AvgIpc) is 3.04. The number of esters is 1. The third-order valence-electron chi connectivity index (χ3n) is 3.31. The lowest BCUT2D eigenvalue weighted by Crippen LogP contribution is -2.37. The molecule has 21 heavy (non-hydrogen) atoms. The molecule has 3 N–H and O–H groups in total. The van der Waals surface area contributed by atoms with Gasteiger partial charge < -0.3 is 20.5 Å². The quantitative estimate of drug-likeness (QED) is 0.481. The number of aliphatic imine (C=N–C) groups is 1. The van der Waals surface area contributed by atoms with Crippen LogP contribution in [0.2, 0.25) is 0 Å². The van der Waals surface area contributed by atoms with Gasteiger partial charge in [-0.05, 0) is 30.5 Å². The lowest BCUT2D eigenvalue weighted by atomic mass is 10.1. The molecule has 1 saturated heterocycles. The molecule has 6 nitrogen and oxygen atoms in total. The summed E-state index contributed by atoms with van der Waals surface area (Å²) in [6.07, 6.45) is 2.38. The summed E-state index contributed by atoms with van der Waals surface area (Å²) >= 11 is 0. The van der Waals surface area contributed by atoms with Crippen LogP contribution in [0.25, 0.3) is 0 Å². The van der Waals surface area contributed by atoms with Gasteiger partial charge in [0.15, 0.2) is 5.96 Å². The minimum absolute atomic E-state index is 0.224. The zero-order chi connectivity index (χ0) is 15.1. The van der Waals surface area contributed by atoms with E-state index in [-0.39, 0.29) is 12.1 Å². The molecule has 1 aromatic rings. The summed E-state index contributed by atoms with van der Waals surface area (Å²) in [5, 5.41) is 3.05. The second-order valence-electron chi connectivity index (χ2n) is 4.91. The van der Waals surface area contributed by atoms with Gasteiger partial charge in [-0.25, -0.2) is 9.79 Å². The van der Waals surface area contributed by atoms with E-state index in [0.29, 0.717) is 24.6 Å². The third-order valence-corrected chi connectivity index (χ3v) is 3.31. The van der Waals surface area contributed by atoms with Crippen molar-refractivity contribution in [1.29, 1.82) is 0 Å². The Kier molecular flexibility index (Phi) is 5.57. The molecule has 0 bridgehead atoms. The van der Waals surface area contributed by atoms with Crippen molar-refractivity contribution in [3.8, 4) is 0 Å². The number of carbonyl (C=O) groups is 1. The number of nitrogens with two attached hydrogens (primary N) is 1. The van der Waals surface area contributed by atoms with Crippen LogP contribution in [0.4, 0.5) is 0 Å². The van der Waals surface area contributed by atoms with Crippen LogP contribution in [0.3, 0.4) is 0 Å². The van der Waals surface area contributed by atoms with E-state index in [0.717, 1.165) is 25.0 Å². The zero-order valence-electron chi connectivity index (χ0n) is 12.2. The zero-order valence-corrected chi connectivity index (χ0v) is 12.2. The summed E-state index contributed by atoms with van der Waals surface area (Å²) in [4.78, 5) is 15.7. The molecule has 0 spiro atoms. The predicted octanol–water partition coefficient (Wildman–Crippen LogP) is 1.06. The number of ether oxygens (including phenoxy) is 2. The molecule has 0 radical (unpaired) electrons. The van der Waals surface area contributed by atoms with Gasteiger partial charge in [0.25, 0.3) is 0 Å². The first-order valence-corrected chi connectivity index (χ1v) is 7.01. The Morgan fingerprint density at radius 1 is 1.57 bits per heavy atom. The summed E-state index contributed by atoms with van der Waals surface area (Å²) in [5.74, 6) is 0.0271. The van der Waals surface area contributed by atoms with E-state index in [1.54, 1.807) is 18.2 Å². The standard InChI is InChI=1S/C15H21N3O3/c1-20-14(19)12-5-2-4-11(8-12)9-17-15(16)18-10-13-6-3-7-21-13/h2,4-5,8,13H,3,6-7,9-10H2,1H3,(H3,16,17,18). The van der Waals surface area contributed by atoms with Crippen LogP contribution in [0, 0.1) is 0 Å². The fraction of sp³-hybridized carbons (Fsp3) is 0.467. The maximum Gasteiger partial charge on any atom is 0.337 e. The van der Waals surface area contributed by atoms with Crippen molar-refractivity contribution in [2.24, 2.45) is 10.7 Å². The molecule has 0 amide bonds. The Morgan fingerprint density at radius 3 is 3.14 bits per heavy atom. The largest absolute Gasteiger partial charge is 0.465 e. The predicted molar refractivity (Wildman–Crippen MR) is 80.1 cm³/mol. The Hall–Kier alpha value is -2.08. The smallest absolute Gasteiger partial charge is 0.337 e. The molecular weight excluding hydrogens is 270 g/mol. The van der Waals surface area contributed by atoms with Crippen LogP contribution in [0.1, 0.15) is 28.8 Å². The Morgan fingerprint density at radius 2 is 2.43 bits per heavy atom. The molecule has 0 aliphatic carbocycles. The van der Waals surface area contributed by atoms with Gasteiger partial charge in [-0.3, -0.25) is 0 Å². The number of guanidine groups is 1. The summed E-state index contributed by atoms with van der Waals surface area (Å²) in [6.45, 7) is 1.91. The first-order chi connectivity index (χ1) is 10.2. The molecule has 0 saturated carbocycles. The molecular formula is C15H21N3O3. The lowest BCUT2D eigenvalue weighted by molar-refractivity contribution is 0.0600. The summed E-state index contributed by atoms with van der Waals surface area (Å²) in [7, 11) is 1.36. The van der Waals surface area contributed by atoms with Crippen molar-refractivity contribution in [2.75, 3.05) is 20.3 Å². The number of carbonyl (C=O) groups excluding carboxylic acids is 1. The normalized spacial score (nSPS) is 18.5. The van der Waals surface area contributed by atoms with Crippen molar-refractivity contribution < 1.29 is 14.3 Å². The Balaban J connectivity index is 1.85. The van der Waals surface area contributed by atoms with Gasteiger partial charge in [0.1, 0.15) is 0 Å². The molecule has 0 aromatic heterocycles. The highest BCUT2D eigenvalue weighted by Crippen LogP contribution is 2.10. The highest BCUT2D eigenvalue weighted by Gasteiger charge is 2.14. The van der Waals surface area contributed by atoms with Gasteiger partial charge >= 0.3 is 5.97 Å². The van der Waals surface area contributed by atoms with Gasteiger partial charge in [0.2, 0.25) is 0 Å². The first-order valence-electron chi connectivity index (χ1n) is 7.01. The molecule has 1 aliphatic heterocycles. The van der Waals surface area contributed by atoms with Crippen molar-refractivity contribution in [2.45, 2.75) is 25.5 Å². The molecule has 1 fully saturated rings. The van der Waals surface area contributed by atoms with Gasteiger partial charge in [-0.2, -0.15) is 0 Å². The average molecular weight is 291 g/mol. The van der Waals surface area contributed by atoms with E-state index in [1.807, 2.05) is 6.07 Å². The Labute approximate surface area is 124 Å². The summed E-state index contributed by atoms with van der Waals surface area (Å²) in [6, 6.07) is 7.15. The van der Waals surface area contributed by atoms with Crippen LogP contribution in [0.5, 0.6) is 0 Å². The molecule has 114 valence electrons. The summed E-state index contributed by atoms with van der Waals surface area (Å²) in [5.41, 5.74) is 7.23. The molecule has 1 heterocycles. The lowest BCUT2D eigenvalue weighted by Gasteiger charge is -2.11. The second kappa shape index (κ2) is 7.64. The highest BCUT2D eigenvalue weighted by molar-refractivity contribution is 5.89. The summed E-state index contributed by atoms with van der Waals surface area (Å²) < 4.78 is 10.2. The van der Waals surface area contributed by atoms with Gasteiger partial charge in [-0.15, -0.1) is 0 Å². The molecule has 6 heteroatoms. The number of hydrogen-bond acceptors (Lipinski definition) is 4. The molecule has 1 atom stereocenters. The van der Waals surface area contributed by atoms with E-state index in [1.165, 1.54) is 7.11 Å². The van der Waals surface area contributed by atoms with Gasteiger partial charge in [0.05, 0.1) is 25.3 Å². The molecule has 1 unspecified atom stereocenters. The maximum atomic E-state index is 11.4. The van der Waals surface area contributed by atoms with Crippen LogP contribution in [-0.2, 0) is 16.0 Å². The first kappa shape index (κ1) is 15.3. The van der Waals surface area contributed by atoms with E-state index >= 15 is 0 Å². The van der Waals surface area contributed by atoms with Crippen molar-refractivity contribution in [3.63, 3.8) is 0 Å². The highest BCUT2D eigenvalue weighted by atomic mass is 16.5. The molecule has 1 aromatic carbocycles. The van der Waals surface area contributed by atoms with Crippen LogP contribution in [-0.4, -0.2) is 38.3 Å². The van der Waals surface area contributed by atoms with Gasteiger partial charge in [0, 0.05) is 13.2 Å². The van der Waals surface area contributed by atoms with Gasteiger partial charge in [-0.1, -0.05) is 12.1 Å². The Bertz CT molecular complexity index is 511. The number of benzene rings is 1. The number of hydrogen-bond donors (Lipinski definition) is 2. The minimum Gasteiger partial charge on any atom is -0.465 e. The SMILES string of the molecule is COC(=O)c1cccc(CN=C(N)NCC2CCCO2)c1. The van der Waals surface area contributed by atoms with Crippen LogP contribution in [0.15, 0.2) is 29.3 Å². The van der Waals surface area contributed by atoms with Crippen molar-refractivity contribution in [3.05, 3.63) is 35.4 Å². The maximum absolute atomic E-state index is 11.4. The second-order valence-corrected chi connectivity index (χ2v) is 4.91. The monoisotopic (exact) mass is 291 g/mol. The van der Waals surface area contributed by atoms with Crippen LogP contribution < -0.4 is 11.1 Å². The third kappa shape index (κ3) is 4.75. The fourth-order valence-corrected chi connectivity index (χ4v) is 2.17. The number of methoxy groups -OCH3 is 1. The van der Waals surface area contributed by atoms with Crippen molar-refractivity contribution >= 4 is 11.9 Å². The molecule has 1 aliphatic rings. The van der Waals surface area contributed by atoms with Crippen LogP contribution >= 0.6 is 0 Å². The van der Waals surface area contributed by atoms with E-state index < -0.39 is 0 Å². The van der Waals surface area contributed by atoms with E-state index in [4.69, 9.17) is 10.5 Å². The number of nitrogens with zero attached hydrogens (tertiary/aromatic N) is 1. The topological polar surface area (TPSA) is 85.9 Å².